The molecule has 3 amide bonds. The average Bonchev–Trinajstić information content (AvgIpc) is 2.28. The number of nitrogens with one attached hydrogen (secondary N) is 2. The van der Waals surface area contributed by atoms with E-state index in [9.17, 15) is 9.59 Å². The van der Waals surface area contributed by atoms with E-state index in [0.29, 0.717) is 17.7 Å². The van der Waals surface area contributed by atoms with Crippen molar-refractivity contribution in [1.82, 2.24) is 5.32 Å². The summed E-state index contributed by atoms with van der Waals surface area (Å²) in [4.78, 5) is 22.6. The minimum Gasteiger partial charge on any atom is -0.396 e. The minimum atomic E-state index is -0.652. The molecule has 0 aliphatic heterocycles. The molecular formula is C13H19N3O3. The highest BCUT2D eigenvalue weighted by Crippen LogP contribution is 2.12. The molecule has 0 bridgehead atoms. The highest BCUT2D eigenvalue weighted by Gasteiger charge is 2.20. The van der Waals surface area contributed by atoms with E-state index in [0.717, 1.165) is 0 Å². The van der Waals surface area contributed by atoms with E-state index in [1.165, 1.54) is 0 Å². The van der Waals surface area contributed by atoms with Crippen molar-refractivity contribution in [3.63, 3.8) is 0 Å². The molecule has 0 radical (unpaired) electrons. The van der Waals surface area contributed by atoms with Gasteiger partial charge >= 0.3 is 6.03 Å². The van der Waals surface area contributed by atoms with Gasteiger partial charge in [-0.3, -0.25) is 4.79 Å². The molecule has 0 fully saturated rings. The van der Waals surface area contributed by atoms with Crippen LogP contribution in [0.3, 0.4) is 0 Å². The molecule has 5 N–H and O–H groups in total. The molecular weight excluding hydrogens is 246 g/mol. The number of anilines is 1. The van der Waals surface area contributed by atoms with Crippen molar-refractivity contribution in [1.29, 1.82) is 0 Å². The number of aliphatic hydroxyl groups is 1. The molecule has 0 aromatic heterocycles. The largest absolute Gasteiger partial charge is 0.396 e. The second-order valence-electron chi connectivity index (χ2n) is 4.88. The average molecular weight is 265 g/mol. The van der Waals surface area contributed by atoms with Crippen LogP contribution >= 0.6 is 0 Å². The first-order chi connectivity index (χ1) is 8.84. The molecule has 1 aromatic carbocycles. The smallest absolute Gasteiger partial charge is 0.316 e. The standard InChI is InChI=1S/C13H19N3O3/c1-13(2,7-8-17)16-11(18)9-3-5-10(6-4-9)15-12(14)19/h3-6,17H,7-8H2,1-2H3,(H,16,18)(H3,14,15,19). The van der Waals surface area contributed by atoms with Gasteiger partial charge in [0.1, 0.15) is 0 Å². The highest BCUT2D eigenvalue weighted by atomic mass is 16.3. The maximum absolute atomic E-state index is 12.0. The van der Waals surface area contributed by atoms with Gasteiger partial charge in [-0.2, -0.15) is 0 Å². The molecule has 0 saturated carbocycles. The second kappa shape index (κ2) is 6.19. The molecule has 6 nitrogen and oxygen atoms in total. The maximum atomic E-state index is 12.0. The van der Waals surface area contributed by atoms with E-state index in [1.54, 1.807) is 24.3 Å². The first kappa shape index (κ1) is 15.0. The molecule has 0 heterocycles. The van der Waals surface area contributed by atoms with Gasteiger partial charge in [0.2, 0.25) is 0 Å². The first-order valence-electron chi connectivity index (χ1n) is 5.94. The predicted octanol–water partition coefficient (Wildman–Crippen LogP) is 1.07. The fraction of sp³-hybridized carbons (Fsp3) is 0.385. The Morgan fingerprint density at radius 3 is 2.32 bits per heavy atom. The lowest BCUT2D eigenvalue weighted by Crippen LogP contribution is -2.44. The monoisotopic (exact) mass is 265 g/mol. The molecule has 104 valence electrons. The minimum absolute atomic E-state index is 0.00868. The van der Waals surface area contributed by atoms with Crippen LogP contribution < -0.4 is 16.4 Å². The number of carbonyl (C=O) groups is 2. The highest BCUT2D eigenvalue weighted by molar-refractivity contribution is 5.95. The second-order valence-corrected chi connectivity index (χ2v) is 4.88. The zero-order valence-corrected chi connectivity index (χ0v) is 11.1. The fourth-order valence-electron chi connectivity index (χ4n) is 1.57. The maximum Gasteiger partial charge on any atom is 0.316 e. The number of aliphatic hydroxyl groups excluding tert-OH is 1. The molecule has 0 atom stereocenters. The number of amides is 3. The molecule has 19 heavy (non-hydrogen) atoms. The van der Waals surface area contributed by atoms with Crippen LogP contribution in [0.1, 0.15) is 30.6 Å². The number of rotatable bonds is 5. The van der Waals surface area contributed by atoms with Gasteiger partial charge in [-0.25, -0.2) is 4.79 Å². The van der Waals surface area contributed by atoms with E-state index < -0.39 is 11.6 Å². The lowest BCUT2D eigenvalue weighted by Gasteiger charge is -2.25. The van der Waals surface area contributed by atoms with Gasteiger partial charge in [0.05, 0.1) is 0 Å². The zero-order chi connectivity index (χ0) is 14.5. The molecule has 0 aliphatic carbocycles. The predicted molar refractivity (Wildman–Crippen MR) is 72.9 cm³/mol. The molecule has 6 heteroatoms. The van der Waals surface area contributed by atoms with E-state index in [4.69, 9.17) is 10.8 Å². The Morgan fingerprint density at radius 1 is 1.26 bits per heavy atom. The number of urea groups is 1. The van der Waals surface area contributed by atoms with E-state index in [-0.39, 0.29) is 12.5 Å². The van der Waals surface area contributed by atoms with Crippen molar-refractivity contribution < 1.29 is 14.7 Å². The van der Waals surface area contributed by atoms with Gasteiger partial charge in [0, 0.05) is 23.4 Å². The Hall–Kier alpha value is -2.08. The molecule has 0 spiro atoms. The molecule has 0 aliphatic rings. The summed E-state index contributed by atoms with van der Waals surface area (Å²) in [6.07, 6.45) is 0.472. The van der Waals surface area contributed by atoms with Crippen LogP contribution in [0.15, 0.2) is 24.3 Å². The number of hydrogen-bond donors (Lipinski definition) is 4. The SMILES string of the molecule is CC(C)(CCO)NC(=O)c1ccc(NC(N)=O)cc1. The number of carbonyl (C=O) groups excluding carboxylic acids is 2. The quantitative estimate of drug-likeness (QED) is 0.640. The van der Waals surface area contributed by atoms with Crippen molar-refractivity contribution >= 4 is 17.6 Å². The summed E-state index contributed by atoms with van der Waals surface area (Å²) in [5.74, 6) is -0.232. The van der Waals surface area contributed by atoms with Crippen LogP contribution in [0.5, 0.6) is 0 Å². The topological polar surface area (TPSA) is 104 Å². The van der Waals surface area contributed by atoms with Crippen LogP contribution in [0, 0.1) is 0 Å². The molecule has 1 rings (SSSR count). The Labute approximate surface area is 112 Å². The van der Waals surface area contributed by atoms with E-state index in [2.05, 4.69) is 10.6 Å². The summed E-state index contributed by atoms with van der Waals surface area (Å²) >= 11 is 0. The summed E-state index contributed by atoms with van der Waals surface area (Å²) in [5, 5.41) is 14.1. The van der Waals surface area contributed by atoms with Gasteiger partial charge in [-0.15, -0.1) is 0 Å². The third-order valence-corrected chi connectivity index (χ3v) is 2.60. The normalized spacial score (nSPS) is 10.9. The van der Waals surface area contributed by atoms with Crippen molar-refractivity contribution in [3.05, 3.63) is 29.8 Å². The molecule has 0 saturated heterocycles. The molecule has 0 unspecified atom stereocenters. The fourth-order valence-corrected chi connectivity index (χ4v) is 1.57. The third-order valence-electron chi connectivity index (χ3n) is 2.60. The van der Waals surface area contributed by atoms with Crippen molar-refractivity contribution in [3.8, 4) is 0 Å². The lowest BCUT2D eigenvalue weighted by atomic mass is 10.0. The zero-order valence-electron chi connectivity index (χ0n) is 11.1. The Kier molecular flexibility index (Phi) is 4.88. The van der Waals surface area contributed by atoms with Crippen molar-refractivity contribution in [2.75, 3.05) is 11.9 Å². The summed E-state index contributed by atoms with van der Waals surface area (Å²) < 4.78 is 0. The van der Waals surface area contributed by atoms with E-state index >= 15 is 0 Å². The lowest BCUT2D eigenvalue weighted by molar-refractivity contribution is 0.0899. The number of hydrogen-bond acceptors (Lipinski definition) is 3. The van der Waals surface area contributed by atoms with Gasteiger partial charge in [-0.05, 0) is 44.5 Å². The van der Waals surface area contributed by atoms with Gasteiger partial charge in [0.15, 0.2) is 0 Å². The molecule has 1 aromatic rings. The number of nitrogens with two attached hydrogens (primary N) is 1. The van der Waals surface area contributed by atoms with E-state index in [1.807, 2.05) is 13.8 Å². The summed E-state index contributed by atoms with van der Waals surface area (Å²) in [7, 11) is 0. The van der Waals surface area contributed by atoms with Crippen LogP contribution in [-0.2, 0) is 0 Å². The van der Waals surface area contributed by atoms with Crippen LogP contribution in [-0.4, -0.2) is 29.2 Å². The van der Waals surface area contributed by atoms with Gasteiger partial charge < -0.3 is 21.5 Å². The van der Waals surface area contributed by atoms with Crippen molar-refractivity contribution in [2.45, 2.75) is 25.8 Å². The number of primary amides is 1. The van der Waals surface area contributed by atoms with Gasteiger partial charge in [0.25, 0.3) is 5.91 Å². The van der Waals surface area contributed by atoms with Crippen LogP contribution in [0.25, 0.3) is 0 Å². The Bertz CT molecular complexity index is 455. The van der Waals surface area contributed by atoms with Crippen molar-refractivity contribution in [2.24, 2.45) is 5.73 Å². The third kappa shape index (κ3) is 4.97. The number of benzene rings is 1. The Morgan fingerprint density at radius 2 is 1.84 bits per heavy atom. The summed E-state index contributed by atoms with van der Waals surface area (Å²) in [6, 6.07) is 5.73. The summed E-state index contributed by atoms with van der Waals surface area (Å²) in [6.45, 7) is 3.68. The Balaban J connectivity index is 2.70. The first-order valence-corrected chi connectivity index (χ1v) is 5.94. The summed E-state index contributed by atoms with van der Waals surface area (Å²) in [5.41, 5.74) is 5.51. The van der Waals surface area contributed by atoms with Crippen LogP contribution in [0.2, 0.25) is 0 Å². The van der Waals surface area contributed by atoms with Crippen LogP contribution in [0.4, 0.5) is 10.5 Å². The van der Waals surface area contributed by atoms with Gasteiger partial charge in [-0.1, -0.05) is 0 Å².